The number of piperidine rings is 3. The van der Waals surface area contributed by atoms with Gasteiger partial charge in [0.15, 0.2) is 11.5 Å². The Hall–Kier alpha value is -2.18. The van der Waals surface area contributed by atoms with E-state index in [4.69, 9.17) is 9.47 Å². The summed E-state index contributed by atoms with van der Waals surface area (Å²) < 4.78 is 54.3. The lowest BCUT2D eigenvalue weighted by Gasteiger charge is -2.41. The summed E-state index contributed by atoms with van der Waals surface area (Å²) in [4.78, 5) is 8.72. The molecule has 7 nitrogen and oxygen atoms in total. The number of nitrogens with zero attached hydrogens (tertiary/aromatic N) is 4. The molecule has 276 valence electrons. The maximum atomic E-state index is 12.1. The van der Waals surface area contributed by atoms with Crippen LogP contribution in [0.5, 0.6) is 17.2 Å². The second-order valence-corrected chi connectivity index (χ2v) is 14.6. The van der Waals surface area contributed by atoms with Crippen molar-refractivity contribution < 1.29 is 27.4 Å². The Morgan fingerprint density at radius 2 is 1.51 bits per heavy atom. The van der Waals surface area contributed by atoms with Crippen LogP contribution in [-0.2, 0) is 6.54 Å². The number of hydrogen-bond donors (Lipinski definition) is 0. The lowest BCUT2D eigenvalue weighted by atomic mass is 9.95. The number of benzene rings is 2. The van der Waals surface area contributed by atoms with E-state index in [1.807, 2.05) is 31.9 Å². The van der Waals surface area contributed by atoms with Crippen LogP contribution in [0, 0.1) is 5.92 Å². The minimum Gasteiger partial charge on any atom is -0.486 e. The molecular formula is C38H59F3N4O3S. The van der Waals surface area contributed by atoms with Gasteiger partial charge in [-0.05, 0) is 132 Å². The van der Waals surface area contributed by atoms with Crippen molar-refractivity contribution in [3.05, 3.63) is 48.0 Å². The third kappa shape index (κ3) is 12.8. The van der Waals surface area contributed by atoms with E-state index >= 15 is 0 Å². The van der Waals surface area contributed by atoms with Gasteiger partial charge in [-0.25, -0.2) is 4.31 Å². The Labute approximate surface area is 297 Å². The van der Waals surface area contributed by atoms with E-state index in [-0.39, 0.29) is 5.75 Å². The summed E-state index contributed by atoms with van der Waals surface area (Å²) in [5.74, 6) is 2.58. The first kappa shape index (κ1) is 39.6. The first-order valence-electron chi connectivity index (χ1n) is 18.5. The Bertz CT molecular complexity index is 1210. The van der Waals surface area contributed by atoms with Crippen molar-refractivity contribution in [1.29, 1.82) is 0 Å². The summed E-state index contributed by atoms with van der Waals surface area (Å²) in [5.41, 5.74) is 1.01. The molecule has 3 saturated heterocycles. The molecule has 6 rings (SSSR count). The molecule has 0 radical (unpaired) electrons. The van der Waals surface area contributed by atoms with Crippen LogP contribution in [0.3, 0.4) is 0 Å². The molecule has 4 aliphatic heterocycles. The van der Waals surface area contributed by atoms with E-state index in [9.17, 15) is 13.2 Å². The van der Waals surface area contributed by atoms with E-state index in [0.29, 0.717) is 19.3 Å². The Morgan fingerprint density at radius 3 is 2.14 bits per heavy atom. The van der Waals surface area contributed by atoms with E-state index < -0.39 is 6.36 Å². The van der Waals surface area contributed by atoms with Gasteiger partial charge in [-0.2, -0.15) is 0 Å². The van der Waals surface area contributed by atoms with Gasteiger partial charge < -0.3 is 24.0 Å². The summed E-state index contributed by atoms with van der Waals surface area (Å²) in [6, 6.07) is 13.8. The Morgan fingerprint density at radius 1 is 0.857 bits per heavy atom. The van der Waals surface area contributed by atoms with Crippen LogP contribution in [0.4, 0.5) is 13.2 Å². The minimum atomic E-state index is -4.63. The molecule has 0 aromatic heterocycles. The predicted octanol–water partition coefficient (Wildman–Crippen LogP) is 8.58. The standard InChI is InChI=1S/C19H28N2O2S.C17H25F3N2O.C2H6/c1-15-5-9-20(10-6-15)16-7-11-21(12-8-16)24-18-4-2-3-17-19(18)23-14-13-22-17;1-3-10-21(2)15-8-11-22(12-9-15)13-14-4-6-16(7-5-14)23-17(18,19)20;1-2/h2-4,15-16H,5-14H2,1H3;4-7,15H,3,8-13H2,1-2H3;1-2H3. The number of likely N-dealkylation sites (tertiary alicyclic amines) is 2. The van der Waals surface area contributed by atoms with Crippen LogP contribution >= 0.6 is 11.9 Å². The Balaban J connectivity index is 0.000000211. The molecule has 0 N–H and O–H groups in total. The van der Waals surface area contributed by atoms with Crippen LogP contribution in [0.1, 0.15) is 78.2 Å². The molecular weight excluding hydrogens is 650 g/mol. The molecule has 2 aromatic rings. The Kier molecular flexibility index (Phi) is 16.2. The number of fused-ring (bicyclic) bond motifs is 1. The van der Waals surface area contributed by atoms with Gasteiger partial charge >= 0.3 is 6.36 Å². The monoisotopic (exact) mass is 708 g/mol. The third-order valence-corrected chi connectivity index (χ3v) is 11.0. The molecule has 0 saturated carbocycles. The van der Waals surface area contributed by atoms with Gasteiger partial charge in [0, 0.05) is 31.7 Å². The third-order valence-electron chi connectivity index (χ3n) is 9.84. The molecule has 0 spiro atoms. The summed E-state index contributed by atoms with van der Waals surface area (Å²) in [6.07, 6.45) is 4.15. The molecule has 4 aliphatic rings. The summed E-state index contributed by atoms with van der Waals surface area (Å²) >= 11 is 1.84. The van der Waals surface area contributed by atoms with Gasteiger partial charge in [0.25, 0.3) is 0 Å². The SMILES string of the molecule is CC.CC1CCN(C2CCN(Sc3cccc4c3OCCO4)CC2)CC1.CCCN(C)C1CCN(Cc2ccc(OC(F)(F)F)cc2)CC1. The molecule has 11 heteroatoms. The second-order valence-electron chi connectivity index (χ2n) is 13.4. The maximum absolute atomic E-state index is 12.1. The summed E-state index contributed by atoms with van der Waals surface area (Å²) in [5, 5.41) is 0. The number of para-hydroxylation sites is 1. The maximum Gasteiger partial charge on any atom is 0.573 e. The lowest BCUT2D eigenvalue weighted by molar-refractivity contribution is -0.274. The highest BCUT2D eigenvalue weighted by molar-refractivity contribution is 7.97. The topological polar surface area (TPSA) is 40.7 Å². The van der Waals surface area contributed by atoms with Crippen molar-refractivity contribution in [2.75, 3.05) is 66.1 Å². The zero-order chi connectivity index (χ0) is 35.2. The predicted molar refractivity (Wildman–Crippen MR) is 194 cm³/mol. The van der Waals surface area contributed by atoms with Crippen molar-refractivity contribution in [2.45, 2.75) is 103 Å². The first-order valence-corrected chi connectivity index (χ1v) is 19.3. The van der Waals surface area contributed by atoms with E-state index in [0.717, 1.165) is 81.1 Å². The van der Waals surface area contributed by atoms with Gasteiger partial charge in [-0.1, -0.05) is 45.9 Å². The van der Waals surface area contributed by atoms with Crippen molar-refractivity contribution in [1.82, 2.24) is 19.0 Å². The fourth-order valence-electron chi connectivity index (χ4n) is 7.06. The molecule has 0 atom stereocenters. The average molecular weight is 709 g/mol. The first-order chi connectivity index (χ1) is 23.7. The van der Waals surface area contributed by atoms with E-state index in [2.05, 4.69) is 56.8 Å². The molecule has 3 fully saturated rings. The van der Waals surface area contributed by atoms with Crippen LogP contribution in [0.2, 0.25) is 0 Å². The quantitative estimate of drug-likeness (QED) is 0.240. The van der Waals surface area contributed by atoms with Crippen molar-refractivity contribution in [2.24, 2.45) is 5.92 Å². The zero-order valence-electron chi connectivity index (χ0n) is 30.4. The molecule has 4 heterocycles. The van der Waals surface area contributed by atoms with Crippen LogP contribution in [-0.4, -0.2) is 104 Å². The minimum absolute atomic E-state index is 0.166. The summed E-state index contributed by atoms with van der Waals surface area (Å²) in [6.45, 7) is 18.8. The highest BCUT2D eigenvalue weighted by Gasteiger charge is 2.31. The van der Waals surface area contributed by atoms with Gasteiger partial charge in [-0.15, -0.1) is 13.2 Å². The lowest BCUT2D eigenvalue weighted by Crippen LogP contribution is -2.46. The second kappa shape index (κ2) is 20.0. The molecule has 2 aromatic carbocycles. The highest BCUT2D eigenvalue weighted by Crippen LogP contribution is 2.41. The van der Waals surface area contributed by atoms with Gasteiger partial charge in [0.05, 0.1) is 4.90 Å². The van der Waals surface area contributed by atoms with Crippen LogP contribution < -0.4 is 14.2 Å². The fourth-order valence-corrected chi connectivity index (χ4v) is 8.11. The smallest absolute Gasteiger partial charge is 0.486 e. The summed E-state index contributed by atoms with van der Waals surface area (Å²) in [7, 11) is 2.18. The number of rotatable bonds is 9. The fraction of sp³-hybridized carbons (Fsp3) is 0.684. The zero-order valence-corrected chi connectivity index (χ0v) is 31.2. The number of alkyl halides is 3. The van der Waals surface area contributed by atoms with Crippen LogP contribution in [0.25, 0.3) is 0 Å². The van der Waals surface area contributed by atoms with Gasteiger partial charge in [0.1, 0.15) is 19.0 Å². The van der Waals surface area contributed by atoms with Crippen molar-refractivity contribution in [3.63, 3.8) is 0 Å². The molecule has 49 heavy (non-hydrogen) atoms. The van der Waals surface area contributed by atoms with E-state index in [1.165, 1.54) is 62.2 Å². The molecule has 0 bridgehead atoms. The van der Waals surface area contributed by atoms with Crippen molar-refractivity contribution in [3.8, 4) is 17.2 Å². The number of ether oxygens (including phenoxy) is 3. The normalized spacial score (nSPS) is 20.3. The largest absolute Gasteiger partial charge is 0.573 e. The van der Waals surface area contributed by atoms with Crippen molar-refractivity contribution >= 4 is 11.9 Å². The molecule has 0 amide bonds. The van der Waals surface area contributed by atoms with Crippen LogP contribution in [0.15, 0.2) is 47.4 Å². The number of halogens is 3. The highest BCUT2D eigenvalue weighted by atomic mass is 32.2. The van der Waals surface area contributed by atoms with Gasteiger partial charge in [-0.3, -0.25) is 4.90 Å². The number of hydrogen-bond acceptors (Lipinski definition) is 8. The average Bonchev–Trinajstić information content (AvgIpc) is 3.11. The van der Waals surface area contributed by atoms with Gasteiger partial charge in [0.2, 0.25) is 0 Å². The molecule has 0 unspecified atom stereocenters. The molecule has 0 aliphatic carbocycles. The van der Waals surface area contributed by atoms with E-state index in [1.54, 1.807) is 12.1 Å².